The summed E-state index contributed by atoms with van der Waals surface area (Å²) in [5.74, 6) is 0.753. The Bertz CT molecular complexity index is 1290. The number of hydrogen-bond donors (Lipinski definition) is 1. The predicted molar refractivity (Wildman–Crippen MR) is 126 cm³/mol. The molecule has 33 heavy (non-hydrogen) atoms. The van der Waals surface area contributed by atoms with Gasteiger partial charge in [-0.3, -0.25) is 9.89 Å². The van der Waals surface area contributed by atoms with Gasteiger partial charge in [-0.1, -0.05) is 12.1 Å². The van der Waals surface area contributed by atoms with Crippen LogP contribution in [-0.4, -0.2) is 43.6 Å². The Morgan fingerprint density at radius 3 is 2.85 bits per heavy atom. The van der Waals surface area contributed by atoms with E-state index in [1.54, 1.807) is 12.3 Å². The average Bonchev–Trinajstić information content (AvgIpc) is 3.53. The van der Waals surface area contributed by atoms with Gasteiger partial charge in [0.15, 0.2) is 0 Å². The van der Waals surface area contributed by atoms with E-state index in [0.29, 0.717) is 24.3 Å². The van der Waals surface area contributed by atoms with Crippen LogP contribution in [0.5, 0.6) is 0 Å². The number of piperidine rings is 1. The highest BCUT2D eigenvalue weighted by Crippen LogP contribution is 2.25. The molecule has 5 rings (SSSR count). The third-order valence-electron chi connectivity index (χ3n) is 6.52. The Labute approximate surface area is 192 Å². The maximum Gasteiger partial charge on any atom is 0.222 e. The number of aromatic nitrogens is 4. The third-order valence-corrected chi connectivity index (χ3v) is 6.52. The molecule has 1 aliphatic rings. The number of H-pyrrole nitrogens is 1. The topological polar surface area (TPSA) is 90.6 Å². The molecule has 0 radical (unpaired) electrons. The van der Waals surface area contributed by atoms with Gasteiger partial charge in [-0.15, -0.1) is 0 Å². The first-order valence-corrected chi connectivity index (χ1v) is 11.4. The minimum atomic E-state index is 0.207. The fourth-order valence-corrected chi connectivity index (χ4v) is 4.63. The zero-order valence-electron chi connectivity index (χ0n) is 18.4. The number of fused-ring (bicyclic) bond motifs is 1. The van der Waals surface area contributed by atoms with Gasteiger partial charge < -0.3 is 9.47 Å². The summed E-state index contributed by atoms with van der Waals surface area (Å²) in [6.45, 7) is 2.56. The molecule has 0 unspecified atom stereocenters. The van der Waals surface area contributed by atoms with Crippen LogP contribution in [0.3, 0.4) is 0 Å². The fraction of sp³-hybridized carbons (Fsp3) is 0.308. The molecule has 0 bridgehead atoms. The second-order valence-electron chi connectivity index (χ2n) is 8.69. The van der Waals surface area contributed by atoms with Crippen molar-refractivity contribution in [3.05, 3.63) is 72.2 Å². The number of nitrogens with one attached hydrogen (secondary N) is 1. The van der Waals surface area contributed by atoms with E-state index < -0.39 is 0 Å². The smallest absolute Gasteiger partial charge is 0.222 e. The third kappa shape index (κ3) is 4.65. The SMILES string of the molecule is N#Cc1cccc(CCC(=O)N2CCC(Cn3ccc4nc(-c5cn[nH]c5)ccc43)CC2)c1. The first-order valence-electron chi connectivity index (χ1n) is 11.4. The molecule has 0 aliphatic carbocycles. The van der Waals surface area contributed by atoms with Gasteiger partial charge in [0.2, 0.25) is 5.91 Å². The highest BCUT2D eigenvalue weighted by Gasteiger charge is 2.23. The summed E-state index contributed by atoms with van der Waals surface area (Å²) in [7, 11) is 0. The Balaban J connectivity index is 1.15. The van der Waals surface area contributed by atoms with E-state index in [-0.39, 0.29) is 5.91 Å². The Hall–Kier alpha value is -3.92. The molecule has 4 heterocycles. The molecule has 7 heteroatoms. The van der Waals surface area contributed by atoms with Crippen LogP contribution in [0.15, 0.2) is 61.1 Å². The van der Waals surface area contributed by atoms with Crippen LogP contribution in [0, 0.1) is 17.2 Å². The summed E-state index contributed by atoms with van der Waals surface area (Å²) >= 11 is 0. The minimum Gasteiger partial charge on any atom is -0.346 e. The number of pyridine rings is 1. The first kappa shape index (κ1) is 21.0. The highest BCUT2D eigenvalue weighted by molar-refractivity contribution is 5.79. The number of carbonyl (C=O) groups is 1. The molecule has 1 fully saturated rings. The average molecular weight is 439 g/mol. The summed E-state index contributed by atoms with van der Waals surface area (Å²) in [6, 6.07) is 15.9. The van der Waals surface area contributed by atoms with Crippen LogP contribution >= 0.6 is 0 Å². The lowest BCUT2D eigenvalue weighted by Gasteiger charge is -2.32. The summed E-state index contributed by atoms with van der Waals surface area (Å²) in [5.41, 5.74) is 5.72. The van der Waals surface area contributed by atoms with Crippen molar-refractivity contribution < 1.29 is 4.79 Å². The van der Waals surface area contributed by atoms with Crippen molar-refractivity contribution in [3.63, 3.8) is 0 Å². The van der Waals surface area contributed by atoms with E-state index in [1.807, 2.05) is 35.4 Å². The van der Waals surface area contributed by atoms with Gasteiger partial charge in [-0.05, 0) is 61.1 Å². The van der Waals surface area contributed by atoms with Crippen molar-refractivity contribution in [1.29, 1.82) is 5.26 Å². The molecular formula is C26H26N6O. The van der Waals surface area contributed by atoms with E-state index in [0.717, 1.165) is 60.3 Å². The number of aryl methyl sites for hydroxylation is 1. The van der Waals surface area contributed by atoms with Crippen LogP contribution < -0.4 is 0 Å². The lowest BCUT2D eigenvalue weighted by Crippen LogP contribution is -2.39. The quantitative estimate of drug-likeness (QED) is 0.489. The van der Waals surface area contributed by atoms with E-state index in [9.17, 15) is 4.79 Å². The molecule has 4 aromatic rings. The summed E-state index contributed by atoms with van der Waals surface area (Å²) in [4.78, 5) is 19.5. The number of rotatable bonds is 6. The number of nitriles is 1. The van der Waals surface area contributed by atoms with Crippen LogP contribution in [0.25, 0.3) is 22.3 Å². The summed E-state index contributed by atoms with van der Waals surface area (Å²) < 4.78 is 2.28. The van der Waals surface area contributed by atoms with Gasteiger partial charge in [0.1, 0.15) is 0 Å². The molecule has 7 nitrogen and oxygen atoms in total. The maximum atomic E-state index is 12.7. The summed E-state index contributed by atoms with van der Waals surface area (Å²) in [5, 5.41) is 15.9. The van der Waals surface area contributed by atoms with E-state index >= 15 is 0 Å². The number of hydrogen-bond acceptors (Lipinski definition) is 4. The molecular weight excluding hydrogens is 412 g/mol. The van der Waals surface area contributed by atoms with Crippen LogP contribution in [0.4, 0.5) is 0 Å². The molecule has 1 aromatic carbocycles. The lowest BCUT2D eigenvalue weighted by atomic mass is 9.96. The van der Waals surface area contributed by atoms with Gasteiger partial charge >= 0.3 is 0 Å². The van der Waals surface area contributed by atoms with Crippen molar-refractivity contribution >= 4 is 16.9 Å². The van der Waals surface area contributed by atoms with E-state index in [1.165, 1.54) is 0 Å². The zero-order valence-corrected chi connectivity index (χ0v) is 18.4. The number of aromatic amines is 1. The second-order valence-corrected chi connectivity index (χ2v) is 8.69. The molecule has 1 aliphatic heterocycles. The van der Waals surface area contributed by atoms with Crippen molar-refractivity contribution in [1.82, 2.24) is 24.6 Å². The molecule has 3 aromatic heterocycles. The van der Waals surface area contributed by atoms with E-state index in [2.05, 4.69) is 39.2 Å². The van der Waals surface area contributed by atoms with Gasteiger partial charge in [-0.2, -0.15) is 10.4 Å². The van der Waals surface area contributed by atoms with Gasteiger partial charge in [0.05, 0.1) is 34.6 Å². The van der Waals surface area contributed by atoms with Gasteiger partial charge in [0.25, 0.3) is 0 Å². The number of nitrogens with zero attached hydrogens (tertiary/aromatic N) is 5. The largest absolute Gasteiger partial charge is 0.346 e. The molecule has 1 N–H and O–H groups in total. The fourth-order valence-electron chi connectivity index (χ4n) is 4.63. The molecule has 166 valence electrons. The number of benzene rings is 1. The van der Waals surface area contributed by atoms with E-state index in [4.69, 9.17) is 10.2 Å². The Morgan fingerprint density at radius 2 is 2.06 bits per heavy atom. The van der Waals surface area contributed by atoms with Crippen LogP contribution in [-0.2, 0) is 17.8 Å². The Kier molecular flexibility index (Phi) is 5.90. The molecule has 0 saturated carbocycles. The molecule has 1 amide bonds. The zero-order chi connectivity index (χ0) is 22.6. The van der Waals surface area contributed by atoms with Gasteiger partial charge in [-0.25, -0.2) is 4.98 Å². The van der Waals surface area contributed by atoms with Crippen molar-refractivity contribution in [2.24, 2.45) is 5.92 Å². The first-order chi connectivity index (χ1) is 16.2. The highest BCUT2D eigenvalue weighted by atomic mass is 16.2. The van der Waals surface area contributed by atoms with Crippen molar-refractivity contribution in [3.8, 4) is 17.3 Å². The summed E-state index contributed by atoms with van der Waals surface area (Å²) in [6.07, 6.45) is 8.94. The number of carbonyl (C=O) groups excluding carboxylic acids is 1. The van der Waals surface area contributed by atoms with Crippen LogP contribution in [0.2, 0.25) is 0 Å². The molecule has 0 atom stereocenters. The predicted octanol–water partition coefficient (Wildman–Crippen LogP) is 4.17. The normalized spacial score (nSPS) is 14.5. The lowest BCUT2D eigenvalue weighted by molar-refractivity contribution is -0.132. The number of likely N-dealkylation sites (tertiary alicyclic amines) is 1. The molecule has 0 spiro atoms. The standard InChI is InChI=1S/C26H26N6O/c27-15-21-3-1-2-19(14-21)4-7-26(33)31-11-8-20(9-12-31)18-32-13-10-24-25(32)6-5-23(30-24)22-16-28-29-17-22/h1-3,5-6,10,13-14,16-17,20H,4,7-9,11-12,18H2,(H,28,29). The maximum absolute atomic E-state index is 12.7. The van der Waals surface area contributed by atoms with Crippen LogP contribution in [0.1, 0.15) is 30.4 Å². The molecule has 1 saturated heterocycles. The number of amides is 1. The second kappa shape index (κ2) is 9.29. The van der Waals surface area contributed by atoms with Crippen molar-refractivity contribution in [2.75, 3.05) is 13.1 Å². The van der Waals surface area contributed by atoms with Gasteiger partial charge in [0, 0.05) is 44.0 Å². The monoisotopic (exact) mass is 438 g/mol. The Morgan fingerprint density at radius 1 is 1.18 bits per heavy atom. The van der Waals surface area contributed by atoms with Crippen molar-refractivity contribution in [2.45, 2.75) is 32.2 Å². The minimum absolute atomic E-state index is 0.207.